The number of carbonyl (C=O) groups is 2. The summed E-state index contributed by atoms with van der Waals surface area (Å²) < 4.78 is 13.1. The summed E-state index contributed by atoms with van der Waals surface area (Å²) in [6, 6.07) is 15.2. The van der Waals surface area contributed by atoms with E-state index < -0.39 is 17.8 Å². The zero-order chi connectivity index (χ0) is 17.1. The number of amides is 1. The molecule has 0 bridgehead atoms. The van der Waals surface area contributed by atoms with Crippen molar-refractivity contribution in [3.63, 3.8) is 0 Å². The highest BCUT2D eigenvalue weighted by Gasteiger charge is 2.39. The van der Waals surface area contributed by atoms with E-state index in [1.807, 2.05) is 30.3 Å². The van der Waals surface area contributed by atoms with Gasteiger partial charge in [-0.2, -0.15) is 0 Å². The summed E-state index contributed by atoms with van der Waals surface area (Å²) in [5, 5.41) is 9.58. The average molecular weight is 327 g/mol. The number of rotatable bonds is 4. The Balaban J connectivity index is 1.81. The maximum absolute atomic E-state index is 13.1. The van der Waals surface area contributed by atoms with E-state index in [1.165, 1.54) is 12.1 Å². The Morgan fingerprint density at radius 1 is 1.12 bits per heavy atom. The van der Waals surface area contributed by atoms with Gasteiger partial charge in [0.15, 0.2) is 0 Å². The van der Waals surface area contributed by atoms with E-state index in [1.54, 1.807) is 17.0 Å². The van der Waals surface area contributed by atoms with Crippen molar-refractivity contribution < 1.29 is 19.1 Å². The number of halogens is 1. The van der Waals surface area contributed by atoms with Crippen LogP contribution in [0.2, 0.25) is 0 Å². The van der Waals surface area contributed by atoms with Crippen LogP contribution in [0.4, 0.5) is 4.39 Å². The Hall–Kier alpha value is -2.69. The van der Waals surface area contributed by atoms with Crippen LogP contribution >= 0.6 is 0 Å². The topological polar surface area (TPSA) is 57.6 Å². The van der Waals surface area contributed by atoms with Crippen LogP contribution in [0.1, 0.15) is 23.5 Å². The largest absolute Gasteiger partial charge is 0.481 e. The summed E-state index contributed by atoms with van der Waals surface area (Å²) in [5.74, 6) is -2.52. The molecule has 1 aliphatic heterocycles. The fourth-order valence-electron chi connectivity index (χ4n) is 3.19. The van der Waals surface area contributed by atoms with E-state index in [4.69, 9.17) is 0 Å². The molecule has 2 atom stereocenters. The molecule has 0 aromatic heterocycles. The van der Waals surface area contributed by atoms with Crippen molar-refractivity contribution in [2.45, 2.75) is 18.9 Å². The zero-order valence-corrected chi connectivity index (χ0v) is 13.1. The molecule has 1 saturated heterocycles. The van der Waals surface area contributed by atoms with Gasteiger partial charge in [0.1, 0.15) is 5.82 Å². The van der Waals surface area contributed by atoms with Gasteiger partial charge < -0.3 is 10.0 Å². The van der Waals surface area contributed by atoms with Crippen molar-refractivity contribution in [1.29, 1.82) is 0 Å². The van der Waals surface area contributed by atoms with Crippen molar-refractivity contribution in [3.05, 3.63) is 71.5 Å². The molecule has 1 aliphatic rings. The number of benzene rings is 2. The molecule has 0 spiro atoms. The standard InChI is InChI=1S/C19H18FNO3/c20-15-8-6-14(7-9-15)16-10-18(22)21(12-17(16)19(23)24)11-13-4-2-1-3-5-13/h1-9,16-17H,10-12H2,(H,23,24)/t16-,17-/m0/s1. The molecule has 3 rings (SSSR count). The lowest BCUT2D eigenvalue weighted by Gasteiger charge is -2.36. The first-order valence-electron chi connectivity index (χ1n) is 7.84. The third kappa shape index (κ3) is 3.45. The van der Waals surface area contributed by atoms with Gasteiger partial charge in [0.2, 0.25) is 5.91 Å². The van der Waals surface area contributed by atoms with E-state index >= 15 is 0 Å². The summed E-state index contributed by atoms with van der Waals surface area (Å²) in [5.41, 5.74) is 1.66. The van der Waals surface area contributed by atoms with Crippen molar-refractivity contribution in [1.82, 2.24) is 4.90 Å². The Labute approximate surface area is 139 Å². The van der Waals surface area contributed by atoms with Crippen molar-refractivity contribution in [2.24, 2.45) is 5.92 Å². The molecule has 2 aromatic carbocycles. The van der Waals surface area contributed by atoms with E-state index in [9.17, 15) is 19.1 Å². The van der Waals surface area contributed by atoms with Crippen molar-refractivity contribution >= 4 is 11.9 Å². The van der Waals surface area contributed by atoms with E-state index in [0.717, 1.165) is 5.56 Å². The number of hydrogen-bond donors (Lipinski definition) is 1. The second-order valence-electron chi connectivity index (χ2n) is 6.07. The second-order valence-corrected chi connectivity index (χ2v) is 6.07. The second kappa shape index (κ2) is 6.83. The Kier molecular flexibility index (Phi) is 4.60. The maximum Gasteiger partial charge on any atom is 0.308 e. The van der Waals surface area contributed by atoms with E-state index in [0.29, 0.717) is 12.1 Å². The molecule has 5 heteroatoms. The van der Waals surface area contributed by atoms with Gasteiger partial charge in [-0.25, -0.2) is 4.39 Å². The molecule has 1 heterocycles. The monoisotopic (exact) mass is 327 g/mol. The Morgan fingerprint density at radius 3 is 2.42 bits per heavy atom. The van der Waals surface area contributed by atoms with Gasteiger partial charge in [-0.1, -0.05) is 42.5 Å². The number of nitrogens with zero attached hydrogens (tertiary/aromatic N) is 1. The lowest BCUT2D eigenvalue weighted by molar-refractivity contribution is -0.149. The van der Waals surface area contributed by atoms with Crippen LogP contribution in [-0.2, 0) is 16.1 Å². The maximum atomic E-state index is 13.1. The number of aliphatic carboxylic acids is 1. The summed E-state index contributed by atoms with van der Waals surface area (Å²) in [6.45, 7) is 0.560. The van der Waals surface area contributed by atoms with Crippen LogP contribution in [0.3, 0.4) is 0 Å². The predicted octanol–water partition coefficient (Wildman–Crippen LogP) is 3.04. The van der Waals surface area contributed by atoms with Gasteiger partial charge in [-0.15, -0.1) is 0 Å². The van der Waals surface area contributed by atoms with Crippen molar-refractivity contribution in [2.75, 3.05) is 6.54 Å². The number of likely N-dealkylation sites (tertiary alicyclic amines) is 1. The first-order chi connectivity index (χ1) is 11.5. The molecule has 0 aliphatic carbocycles. The first-order valence-corrected chi connectivity index (χ1v) is 7.84. The minimum absolute atomic E-state index is 0.0781. The molecular weight excluding hydrogens is 309 g/mol. The van der Waals surface area contributed by atoms with Crippen LogP contribution in [0, 0.1) is 11.7 Å². The lowest BCUT2D eigenvalue weighted by Crippen LogP contribution is -2.45. The molecule has 1 fully saturated rings. The smallest absolute Gasteiger partial charge is 0.308 e. The lowest BCUT2D eigenvalue weighted by atomic mass is 9.80. The van der Waals surface area contributed by atoms with Crippen LogP contribution < -0.4 is 0 Å². The summed E-state index contributed by atoms with van der Waals surface area (Å²) >= 11 is 0. The number of piperidine rings is 1. The molecule has 0 saturated carbocycles. The van der Waals surface area contributed by atoms with Crippen LogP contribution in [0.5, 0.6) is 0 Å². The van der Waals surface area contributed by atoms with Gasteiger partial charge in [-0.05, 0) is 23.3 Å². The minimum atomic E-state index is -0.935. The Morgan fingerprint density at radius 2 is 1.79 bits per heavy atom. The summed E-state index contributed by atoms with van der Waals surface area (Å²) in [4.78, 5) is 25.8. The molecule has 1 amide bonds. The molecule has 0 unspecified atom stereocenters. The molecule has 1 N–H and O–H groups in total. The summed E-state index contributed by atoms with van der Waals surface area (Å²) in [6.07, 6.45) is 0.120. The normalized spacial score (nSPS) is 20.9. The first kappa shape index (κ1) is 16.2. The van der Waals surface area contributed by atoms with Gasteiger partial charge >= 0.3 is 5.97 Å². The van der Waals surface area contributed by atoms with Gasteiger partial charge in [0.25, 0.3) is 0 Å². The molecular formula is C19H18FNO3. The molecule has 0 radical (unpaired) electrons. The third-order valence-electron chi connectivity index (χ3n) is 4.48. The minimum Gasteiger partial charge on any atom is -0.481 e. The average Bonchev–Trinajstić information content (AvgIpc) is 2.58. The molecule has 4 nitrogen and oxygen atoms in total. The fraction of sp³-hybridized carbons (Fsp3) is 0.263. The molecule has 2 aromatic rings. The van der Waals surface area contributed by atoms with Gasteiger partial charge in [-0.3, -0.25) is 9.59 Å². The van der Waals surface area contributed by atoms with E-state index in [-0.39, 0.29) is 24.7 Å². The predicted molar refractivity (Wildman–Crippen MR) is 86.7 cm³/mol. The van der Waals surface area contributed by atoms with Crippen molar-refractivity contribution in [3.8, 4) is 0 Å². The quantitative estimate of drug-likeness (QED) is 0.939. The highest BCUT2D eigenvalue weighted by Crippen LogP contribution is 2.34. The third-order valence-corrected chi connectivity index (χ3v) is 4.48. The van der Waals surface area contributed by atoms with Gasteiger partial charge in [0, 0.05) is 25.4 Å². The highest BCUT2D eigenvalue weighted by atomic mass is 19.1. The Bertz CT molecular complexity index is 730. The van der Waals surface area contributed by atoms with Gasteiger partial charge in [0.05, 0.1) is 5.92 Å². The zero-order valence-electron chi connectivity index (χ0n) is 13.1. The number of carboxylic acids is 1. The van der Waals surface area contributed by atoms with Crippen LogP contribution in [-0.4, -0.2) is 28.4 Å². The van der Waals surface area contributed by atoms with Crippen LogP contribution in [0.15, 0.2) is 54.6 Å². The molecule has 124 valence electrons. The van der Waals surface area contributed by atoms with E-state index in [2.05, 4.69) is 0 Å². The number of carbonyl (C=O) groups excluding carboxylic acids is 1. The summed E-state index contributed by atoms with van der Waals surface area (Å²) in [7, 11) is 0. The number of carboxylic acid groups (broad SMARTS) is 1. The fourth-order valence-corrected chi connectivity index (χ4v) is 3.19. The van der Waals surface area contributed by atoms with Crippen LogP contribution in [0.25, 0.3) is 0 Å². The molecule has 24 heavy (non-hydrogen) atoms. The number of hydrogen-bond acceptors (Lipinski definition) is 2. The highest BCUT2D eigenvalue weighted by molar-refractivity contribution is 5.82. The SMILES string of the molecule is O=C(O)[C@H]1CN(Cc2ccccc2)C(=O)C[C@H]1c1ccc(F)cc1.